The Hall–Kier alpha value is -7.51. The van der Waals surface area contributed by atoms with Gasteiger partial charge in [0.1, 0.15) is 17.3 Å². The topological polar surface area (TPSA) is 36.8 Å². The summed E-state index contributed by atoms with van der Waals surface area (Å²) in [7, 11) is 0. The summed E-state index contributed by atoms with van der Waals surface area (Å²) in [6, 6.07) is 56.5. The maximum atomic E-state index is 6.80. The maximum Gasteiger partial charge on any atom is 0.338 e. The number of fused-ring (bicyclic) bond motifs is 5. The van der Waals surface area contributed by atoms with Gasteiger partial charge in [-0.1, -0.05) is 139 Å². The standard InChI is InChI=1S/C58H52BN5O/c1-57(2,3)43-25-23-41(24-26-43)48-31-34-61-33-30-42(40-15-8-7-9-16-40)38-59(61)56(48)63-39-62(52-21-12-13-22-53(52)63)45-17-14-18-46(36-45)65-47-27-28-50-49-19-10-11-20-51(49)64(54(50)37-47)55-35-44(29-32-60-55)58(4,5)6/h7-38H,39H2,1-6H3. The van der Waals surface area contributed by atoms with Crippen LogP contribution in [0.15, 0.2) is 200 Å². The molecule has 7 heteroatoms. The summed E-state index contributed by atoms with van der Waals surface area (Å²) in [6.45, 7) is 14.1. The summed E-state index contributed by atoms with van der Waals surface area (Å²) in [4.78, 5) is 12.2. The highest BCUT2D eigenvalue weighted by Crippen LogP contribution is 2.47. The molecule has 0 bridgehead atoms. The zero-order valence-corrected chi connectivity index (χ0v) is 37.9. The number of aromatic nitrogens is 2. The van der Waals surface area contributed by atoms with E-state index in [1.54, 1.807) is 0 Å². The van der Waals surface area contributed by atoms with Crippen molar-refractivity contribution in [2.75, 3.05) is 16.5 Å². The van der Waals surface area contributed by atoms with E-state index in [0.29, 0.717) is 6.67 Å². The molecule has 0 aliphatic carbocycles. The Labute approximate surface area is 382 Å². The number of anilines is 3. The summed E-state index contributed by atoms with van der Waals surface area (Å²) >= 11 is 0. The number of allylic oxidation sites excluding steroid dienone is 4. The second-order valence-corrected chi connectivity index (χ2v) is 19.4. The van der Waals surface area contributed by atoms with Crippen LogP contribution in [0.5, 0.6) is 11.5 Å². The predicted octanol–water partition coefficient (Wildman–Crippen LogP) is 14.4. The minimum absolute atomic E-state index is 0.00973. The average Bonchev–Trinajstić information content (AvgIpc) is 3.87. The van der Waals surface area contributed by atoms with Crippen molar-refractivity contribution in [1.29, 1.82) is 0 Å². The highest BCUT2D eigenvalue weighted by atomic mass is 16.5. The molecule has 3 aliphatic heterocycles. The van der Waals surface area contributed by atoms with Crippen LogP contribution in [-0.2, 0) is 10.8 Å². The quantitative estimate of drug-likeness (QED) is 0.149. The molecule has 6 aromatic carbocycles. The first kappa shape index (κ1) is 40.3. The number of ether oxygens (including phenoxy) is 1. The monoisotopic (exact) mass is 845 g/mol. The van der Waals surface area contributed by atoms with Crippen LogP contribution in [0.25, 0.3) is 38.8 Å². The summed E-state index contributed by atoms with van der Waals surface area (Å²) in [6.07, 6.45) is 10.9. The van der Waals surface area contributed by atoms with Crippen LogP contribution in [0.2, 0.25) is 0 Å². The molecule has 0 radical (unpaired) electrons. The minimum Gasteiger partial charge on any atom is -0.457 e. The fourth-order valence-electron chi connectivity index (χ4n) is 9.62. The van der Waals surface area contributed by atoms with E-state index in [-0.39, 0.29) is 17.7 Å². The van der Waals surface area contributed by atoms with Crippen LogP contribution in [0.1, 0.15) is 63.8 Å². The second-order valence-electron chi connectivity index (χ2n) is 19.4. The van der Waals surface area contributed by atoms with Crippen LogP contribution in [0, 0.1) is 0 Å². The first-order chi connectivity index (χ1) is 31.5. The van der Waals surface area contributed by atoms with E-state index in [1.807, 2.05) is 12.3 Å². The first-order valence-electron chi connectivity index (χ1n) is 22.7. The van der Waals surface area contributed by atoms with Gasteiger partial charge in [-0.05, 0) is 123 Å². The Morgan fingerprint density at radius 2 is 1.25 bits per heavy atom. The number of para-hydroxylation sites is 3. The van der Waals surface area contributed by atoms with Gasteiger partial charge < -0.3 is 19.3 Å². The summed E-state index contributed by atoms with van der Waals surface area (Å²) in [5.41, 5.74) is 14.2. The minimum atomic E-state index is -0.0307. The number of pyridine rings is 1. The third-order valence-corrected chi connectivity index (χ3v) is 13.1. The van der Waals surface area contributed by atoms with Gasteiger partial charge in [0.05, 0.1) is 29.1 Å². The molecule has 65 heavy (non-hydrogen) atoms. The van der Waals surface area contributed by atoms with Crippen molar-refractivity contribution in [3.63, 3.8) is 0 Å². The van der Waals surface area contributed by atoms with Crippen LogP contribution in [-0.4, -0.2) is 27.9 Å². The zero-order valence-electron chi connectivity index (χ0n) is 37.9. The van der Waals surface area contributed by atoms with E-state index in [1.165, 1.54) is 50.1 Å². The molecular weight excluding hydrogens is 793 g/mol. The van der Waals surface area contributed by atoms with Crippen molar-refractivity contribution in [2.45, 2.75) is 52.4 Å². The molecule has 2 aromatic heterocycles. The number of nitrogens with zero attached hydrogens (tertiary/aromatic N) is 5. The number of hydrogen-bond acceptors (Lipinski definition) is 5. The molecule has 0 amide bonds. The Kier molecular flexibility index (Phi) is 9.69. The van der Waals surface area contributed by atoms with Gasteiger partial charge in [0.15, 0.2) is 0 Å². The molecule has 0 saturated carbocycles. The van der Waals surface area contributed by atoms with Crippen LogP contribution >= 0.6 is 0 Å². The molecule has 6 nitrogen and oxygen atoms in total. The molecule has 8 aromatic rings. The molecule has 0 N–H and O–H groups in total. The lowest BCUT2D eigenvalue weighted by atomic mass is 9.51. The van der Waals surface area contributed by atoms with Gasteiger partial charge in [0.2, 0.25) is 0 Å². The normalized spacial score (nSPS) is 15.0. The van der Waals surface area contributed by atoms with Crippen molar-refractivity contribution in [1.82, 2.24) is 14.4 Å². The molecule has 5 heterocycles. The molecule has 11 rings (SSSR count). The lowest BCUT2D eigenvalue weighted by molar-refractivity contribution is 0.483. The van der Waals surface area contributed by atoms with Gasteiger partial charge in [-0.3, -0.25) is 4.57 Å². The van der Waals surface area contributed by atoms with Gasteiger partial charge >= 0.3 is 6.85 Å². The van der Waals surface area contributed by atoms with Crippen molar-refractivity contribution in [2.24, 2.45) is 0 Å². The Bertz CT molecular complexity index is 3250. The van der Waals surface area contributed by atoms with Crippen molar-refractivity contribution >= 4 is 56.9 Å². The average molecular weight is 846 g/mol. The van der Waals surface area contributed by atoms with Crippen molar-refractivity contribution < 1.29 is 4.74 Å². The number of rotatable bonds is 7. The zero-order chi connectivity index (χ0) is 44.5. The maximum absolute atomic E-state index is 6.80. The highest BCUT2D eigenvalue weighted by molar-refractivity contribution is 6.73. The highest BCUT2D eigenvalue weighted by Gasteiger charge is 2.39. The van der Waals surface area contributed by atoms with E-state index in [0.717, 1.165) is 45.1 Å². The van der Waals surface area contributed by atoms with Gasteiger partial charge in [0, 0.05) is 40.4 Å². The lowest BCUT2D eigenvalue weighted by Crippen LogP contribution is -2.44. The van der Waals surface area contributed by atoms with Gasteiger partial charge in [-0.2, -0.15) is 0 Å². The van der Waals surface area contributed by atoms with Crippen LogP contribution in [0.3, 0.4) is 0 Å². The summed E-state index contributed by atoms with van der Waals surface area (Å²) < 4.78 is 9.07. The largest absolute Gasteiger partial charge is 0.457 e. The lowest BCUT2D eigenvalue weighted by Gasteiger charge is -2.38. The van der Waals surface area contributed by atoms with Crippen LogP contribution in [0.4, 0.5) is 17.1 Å². The second kappa shape index (κ2) is 15.6. The summed E-state index contributed by atoms with van der Waals surface area (Å²) in [5.74, 6) is 4.85. The number of benzene rings is 6. The van der Waals surface area contributed by atoms with E-state index in [4.69, 9.17) is 9.72 Å². The molecule has 0 atom stereocenters. The fraction of sp³-hybridized carbons (Fsp3) is 0.155. The Morgan fingerprint density at radius 1 is 0.554 bits per heavy atom. The third-order valence-electron chi connectivity index (χ3n) is 13.1. The van der Waals surface area contributed by atoms with Crippen LogP contribution < -0.4 is 14.5 Å². The predicted molar refractivity (Wildman–Crippen MR) is 272 cm³/mol. The molecular formula is C58H52BN5O. The van der Waals surface area contributed by atoms with E-state index in [2.05, 4.69) is 243 Å². The first-order valence-corrected chi connectivity index (χ1v) is 22.7. The molecule has 0 unspecified atom stereocenters. The van der Waals surface area contributed by atoms with Crippen molar-refractivity contribution in [3.05, 3.63) is 222 Å². The molecule has 318 valence electrons. The molecule has 0 saturated heterocycles. The van der Waals surface area contributed by atoms with Gasteiger partial charge in [0.25, 0.3) is 0 Å². The third kappa shape index (κ3) is 7.31. The smallest absolute Gasteiger partial charge is 0.338 e. The molecule has 3 aliphatic rings. The Morgan fingerprint density at radius 3 is 2.03 bits per heavy atom. The SMILES string of the molecule is CC(C)(C)c1ccc(C2=C(N3CN(c4cccc(Oc5ccc6c7ccccc7n(-c7cc(C(C)(C)C)ccn7)c6c5)c4)c4ccccc43)B3C=C(c4ccccc4)C=CN3C=C2)cc1. The van der Waals surface area contributed by atoms with E-state index < -0.39 is 0 Å². The molecule has 0 spiro atoms. The van der Waals surface area contributed by atoms with Crippen molar-refractivity contribution in [3.8, 4) is 17.3 Å². The van der Waals surface area contributed by atoms with Gasteiger partial charge in [-0.25, -0.2) is 4.98 Å². The summed E-state index contributed by atoms with van der Waals surface area (Å²) in [5, 5.41) is 2.34. The van der Waals surface area contributed by atoms with E-state index in [9.17, 15) is 0 Å². The van der Waals surface area contributed by atoms with E-state index >= 15 is 0 Å². The Balaban J connectivity index is 0.972. The number of hydrogen-bond donors (Lipinski definition) is 0. The fourth-order valence-corrected chi connectivity index (χ4v) is 9.62. The van der Waals surface area contributed by atoms with Gasteiger partial charge in [-0.15, -0.1) is 0 Å². The molecule has 0 fully saturated rings.